The summed E-state index contributed by atoms with van der Waals surface area (Å²) in [5.74, 6) is -1.48. The van der Waals surface area contributed by atoms with E-state index in [9.17, 15) is 19.5 Å². The number of furan rings is 1. The predicted octanol–water partition coefficient (Wildman–Crippen LogP) is 4.17. The minimum absolute atomic E-state index is 0.0970. The first-order valence-electron chi connectivity index (χ1n) is 11.2. The quantitative estimate of drug-likeness (QED) is 0.389. The number of rotatable bonds is 10. The van der Waals surface area contributed by atoms with Gasteiger partial charge in [-0.3, -0.25) is 4.79 Å². The van der Waals surface area contributed by atoms with Crippen molar-refractivity contribution >= 4 is 18.0 Å². The first-order chi connectivity index (χ1) is 16.5. The van der Waals surface area contributed by atoms with E-state index in [1.54, 1.807) is 6.07 Å². The zero-order valence-corrected chi connectivity index (χ0v) is 18.5. The average molecular weight is 463 g/mol. The number of ether oxygens (including phenoxy) is 1. The van der Waals surface area contributed by atoms with Crippen molar-refractivity contribution in [3.05, 3.63) is 83.8 Å². The highest BCUT2D eigenvalue weighted by Crippen LogP contribution is 2.44. The van der Waals surface area contributed by atoms with E-state index in [-0.39, 0.29) is 24.9 Å². The summed E-state index contributed by atoms with van der Waals surface area (Å²) in [7, 11) is 0. The Hall–Kier alpha value is -4.07. The third-order valence-electron chi connectivity index (χ3n) is 5.92. The molecule has 1 heterocycles. The molecule has 8 heteroatoms. The Morgan fingerprint density at radius 1 is 0.971 bits per heavy atom. The number of unbranched alkanes of at least 4 members (excludes halogenated alkanes) is 1. The Morgan fingerprint density at radius 3 is 2.26 bits per heavy atom. The van der Waals surface area contributed by atoms with Gasteiger partial charge in [0.05, 0.1) is 11.8 Å². The lowest BCUT2D eigenvalue weighted by Crippen LogP contribution is -2.41. The summed E-state index contributed by atoms with van der Waals surface area (Å²) < 4.78 is 10.3. The molecule has 2 aromatic carbocycles. The molecule has 0 radical (unpaired) electrons. The topological polar surface area (TPSA) is 118 Å². The molecule has 3 N–H and O–H groups in total. The monoisotopic (exact) mass is 462 g/mol. The lowest BCUT2D eigenvalue weighted by Gasteiger charge is -2.17. The number of alkyl carbamates (subject to hydrolysis) is 1. The van der Waals surface area contributed by atoms with E-state index in [1.807, 2.05) is 48.5 Å². The molecule has 34 heavy (non-hydrogen) atoms. The van der Waals surface area contributed by atoms with E-state index in [1.165, 1.54) is 12.5 Å². The number of benzene rings is 2. The second-order valence-corrected chi connectivity index (χ2v) is 8.12. The van der Waals surface area contributed by atoms with Crippen LogP contribution in [-0.4, -0.2) is 42.3 Å². The molecule has 0 aliphatic heterocycles. The molecule has 0 saturated heterocycles. The van der Waals surface area contributed by atoms with Crippen LogP contribution in [0.4, 0.5) is 4.79 Å². The number of aliphatic carboxylic acids is 1. The van der Waals surface area contributed by atoms with Crippen molar-refractivity contribution in [3.63, 3.8) is 0 Å². The van der Waals surface area contributed by atoms with Gasteiger partial charge in [-0.1, -0.05) is 48.5 Å². The van der Waals surface area contributed by atoms with Crippen LogP contribution < -0.4 is 10.6 Å². The highest BCUT2D eigenvalue weighted by Gasteiger charge is 2.29. The number of nitrogens with one attached hydrogen (secondary N) is 2. The summed E-state index contributed by atoms with van der Waals surface area (Å²) in [6.45, 7) is 0.507. The number of carbonyl (C=O) groups is 3. The van der Waals surface area contributed by atoms with Gasteiger partial charge in [0, 0.05) is 12.5 Å². The molecule has 1 aliphatic rings. The Bertz CT molecular complexity index is 1110. The summed E-state index contributed by atoms with van der Waals surface area (Å²) >= 11 is 0. The van der Waals surface area contributed by atoms with Crippen LogP contribution >= 0.6 is 0 Å². The minimum atomic E-state index is -1.13. The Kier molecular flexibility index (Phi) is 7.27. The fraction of sp³-hybridized carbons (Fsp3) is 0.269. The van der Waals surface area contributed by atoms with Crippen LogP contribution in [0, 0.1) is 0 Å². The fourth-order valence-electron chi connectivity index (χ4n) is 4.21. The van der Waals surface area contributed by atoms with Crippen LogP contribution in [0.3, 0.4) is 0 Å². The van der Waals surface area contributed by atoms with Crippen LogP contribution in [0.5, 0.6) is 0 Å². The van der Waals surface area contributed by atoms with Crippen LogP contribution in [0.15, 0.2) is 71.5 Å². The maximum atomic E-state index is 12.4. The average Bonchev–Trinajstić information content (AvgIpc) is 3.49. The maximum Gasteiger partial charge on any atom is 0.407 e. The van der Waals surface area contributed by atoms with Crippen molar-refractivity contribution < 1.29 is 28.6 Å². The first kappa shape index (κ1) is 23.1. The minimum Gasteiger partial charge on any atom is -0.480 e. The molecule has 1 atom stereocenters. The first-order valence-corrected chi connectivity index (χ1v) is 11.2. The van der Waals surface area contributed by atoms with Gasteiger partial charge in [-0.2, -0.15) is 0 Å². The van der Waals surface area contributed by atoms with Crippen molar-refractivity contribution in [3.8, 4) is 11.1 Å². The zero-order chi connectivity index (χ0) is 23.9. The second kappa shape index (κ2) is 10.7. The number of hydrogen-bond acceptors (Lipinski definition) is 5. The standard InChI is InChI=1S/C26H26N2O6/c29-24(17-12-14-33-15-17)27-13-6-5-11-23(25(30)31)28-26(32)34-16-22-20-9-3-1-7-18(20)19-8-2-4-10-21(19)22/h1-4,7-10,12,14-15,22-23H,5-6,11,13,16H2,(H,27,29)(H,28,32)(H,30,31)/t23-/m0/s1. The lowest BCUT2D eigenvalue weighted by molar-refractivity contribution is -0.139. The zero-order valence-electron chi connectivity index (χ0n) is 18.5. The van der Waals surface area contributed by atoms with Gasteiger partial charge in [0.2, 0.25) is 0 Å². The molecule has 0 bridgehead atoms. The van der Waals surface area contributed by atoms with Gasteiger partial charge in [0.15, 0.2) is 0 Å². The SMILES string of the molecule is O=C(N[C@@H](CCCCNC(=O)c1ccoc1)C(=O)O)OCC1c2ccccc2-c2ccccc21. The third kappa shape index (κ3) is 5.28. The van der Waals surface area contributed by atoms with Gasteiger partial charge in [0.1, 0.15) is 18.9 Å². The molecule has 2 amide bonds. The third-order valence-corrected chi connectivity index (χ3v) is 5.92. The number of carboxylic acids is 1. The number of carbonyl (C=O) groups excluding carboxylic acids is 2. The summed E-state index contributed by atoms with van der Waals surface area (Å²) in [6.07, 6.45) is 3.31. The summed E-state index contributed by atoms with van der Waals surface area (Å²) in [5, 5.41) is 14.7. The maximum absolute atomic E-state index is 12.4. The summed E-state index contributed by atoms with van der Waals surface area (Å²) in [4.78, 5) is 35.8. The number of carboxylic acid groups (broad SMARTS) is 1. The van der Waals surface area contributed by atoms with Crippen molar-refractivity contribution in [2.45, 2.75) is 31.2 Å². The summed E-state index contributed by atoms with van der Waals surface area (Å²) in [5.41, 5.74) is 4.85. The summed E-state index contributed by atoms with van der Waals surface area (Å²) in [6, 6.07) is 16.5. The smallest absolute Gasteiger partial charge is 0.407 e. The molecule has 1 aromatic heterocycles. The highest BCUT2D eigenvalue weighted by molar-refractivity contribution is 5.93. The van der Waals surface area contributed by atoms with Gasteiger partial charge in [-0.15, -0.1) is 0 Å². The van der Waals surface area contributed by atoms with Gasteiger partial charge in [-0.05, 0) is 47.6 Å². The Balaban J connectivity index is 1.24. The molecular weight excluding hydrogens is 436 g/mol. The predicted molar refractivity (Wildman–Crippen MR) is 125 cm³/mol. The normalized spacial score (nSPS) is 12.9. The molecular formula is C26H26N2O6. The van der Waals surface area contributed by atoms with E-state index in [0.717, 1.165) is 22.3 Å². The fourth-order valence-corrected chi connectivity index (χ4v) is 4.21. The molecule has 3 aromatic rings. The number of amides is 2. The van der Waals surface area contributed by atoms with Gasteiger partial charge in [0.25, 0.3) is 5.91 Å². The molecule has 176 valence electrons. The molecule has 0 fully saturated rings. The lowest BCUT2D eigenvalue weighted by atomic mass is 9.98. The van der Waals surface area contributed by atoms with Gasteiger partial charge < -0.3 is 24.9 Å². The second-order valence-electron chi connectivity index (χ2n) is 8.12. The molecule has 0 saturated carbocycles. The van der Waals surface area contributed by atoms with Crippen LogP contribution in [0.25, 0.3) is 11.1 Å². The van der Waals surface area contributed by atoms with E-state index >= 15 is 0 Å². The van der Waals surface area contributed by atoms with E-state index in [2.05, 4.69) is 10.6 Å². The van der Waals surface area contributed by atoms with Crippen LogP contribution in [-0.2, 0) is 9.53 Å². The van der Waals surface area contributed by atoms with E-state index in [0.29, 0.717) is 24.9 Å². The van der Waals surface area contributed by atoms with E-state index < -0.39 is 18.1 Å². The van der Waals surface area contributed by atoms with Crippen LogP contribution in [0.1, 0.15) is 46.7 Å². The van der Waals surface area contributed by atoms with E-state index in [4.69, 9.17) is 9.15 Å². The van der Waals surface area contributed by atoms with Gasteiger partial charge >= 0.3 is 12.1 Å². The molecule has 0 spiro atoms. The molecule has 4 rings (SSSR count). The molecule has 1 aliphatic carbocycles. The number of hydrogen-bond donors (Lipinski definition) is 3. The van der Waals surface area contributed by atoms with Crippen LogP contribution in [0.2, 0.25) is 0 Å². The Labute approximate surface area is 196 Å². The molecule has 0 unspecified atom stereocenters. The largest absolute Gasteiger partial charge is 0.480 e. The van der Waals surface area contributed by atoms with Crippen molar-refractivity contribution in [2.75, 3.05) is 13.2 Å². The molecule has 8 nitrogen and oxygen atoms in total. The van der Waals surface area contributed by atoms with Crippen molar-refractivity contribution in [1.82, 2.24) is 10.6 Å². The Morgan fingerprint density at radius 2 is 1.65 bits per heavy atom. The van der Waals surface area contributed by atoms with Gasteiger partial charge in [-0.25, -0.2) is 9.59 Å². The van der Waals surface area contributed by atoms with Crippen molar-refractivity contribution in [1.29, 1.82) is 0 Å². The highest BCUT2D eigenvalue weighted by atomic mass is 16.5. The van der Waals surface area contributed by atoms with Crippen molar-refractivity contribution in [2.24, 2.45) is 0 Å². The number of fused-ring (bicyclic) bond motifs is 3.